The maximum Gasteiger partial charge on any atom is 0.387 e. The van der Waals surface area contributed by atoms with Crippen molar-refractivity contribution >= 4 is 34.7 Å². The molecule has 0 spiro atoms. The van der Waals surface area contributed by atoms with Gasteiger partial charge in [0.25, 0.3) is 5.91 Å². The van der Waals surface area contributed by atoms with E-state index < -0.39 is 12.5 Å². The maximum atomic E-state index is 12.4. The first-order valence-corrected chi connectivity index (χ1v) is 9.50. The van der Waals surface area contributed by atoms with E-state index in [4.69, 9.17) is 0 Å². The molecule has 1 amide bonds. The Balaban J connectivity index is 1.63. The molecule has 3 rings (SSSR count). The number of hydrogen-bond donors (Lipinski definition) is 1. The molecular weight excluding hydrogens is 378 g/mol. The fraction of sp³-hybridized carbons (Fsp3) is 0.111. The van der Waals surface area contributed by atoms with Crippen LogP contribution in [0.25, 0.3) is 0 Å². The lowest BCUT2D eigenvalue weighted by Gasteiger charge is -2.11. The van der Waals surface area contributed by atoms with Crippen LogP contribution in [0.2, 0.25) is 0 Å². The number of thiazole rings is 1. The van der Waals surface area contributed by atoms with Crippen LogP contribution in [-0.4, -0.2) is 17.5 Å². The zero-order valence-electron chi connectivity index (χ0n) is 13.4. The van der Waals surface area contributed by atoms with Crippen molar-refractivity contribution in [3.63, 3.8) is 0 Å². The van der Waals surface area contributed by atoms with Crippen LogP contribution < -0.4 is 10.1 Å². The average molecular weight is 392 g/mol. The van der Waals surface area contributed by atoms with E-state index in [1.807, 2.05) is 17.5 Å². The summed E-state index contributed by atoms with van der Waals surface area (Å²) in [4.78, 5) is 17.6. The lowest BCUT2D eigenvalue weighted by atomic mass is 10.2. The first-order chi connectivity index (χ1) is 12.6. The Morgan fingerprint density at radius 2 is 1.96 bits per heavy atom. The molecule has 3 aromatic rings. The van der Waals surface area contributed by atoms with Gasteiger partial charge in [0.2, 0.25) is 0 Å². The number of carbonyl (C=O) groups excluding carboxylic acids is 1. The Kier molecular flexibility index (Phi) is 6.19. The number of halogens is 2. The number of ether oxygens (including phenoxy) is 1. The number of thioether (sulfide) groups is 1. The van der Waals surface area contributed by atoms with Crippen molar-refractivity contribution in [1.82, 2.24) is 4.98 Å². The zero-order chi connectivity index (χ0) is 18.4. The highest BCUT2D eigenvalue weighted by Crippen LogP contribution is 2.27. The summed E-state index contributed by atoms with van der Waals surface area (Å²) in [5.41, 5.74) is 3.42. The summed E-state index contributed by atoms with van der Waals surface area (Å²) < 4.78 is 29.3. The van der Waals surface area contributed by atoms with E-state index in [0.717, 1.165) is 16.3 Å². The Hall–Kier alpha value is -2.45. The Morgan fingerprint density at radius 3 is 2.65 bits per heavy atom. The lowest BCUT2D eigenvalue weighted by molar-refractivity contribution is -0.0493. The molecule has 0 aliphatic carbocycles. The number of carbonyl (C=O) groups is 1. The van der Waals surface area contributed by atoms with E-state index in [2.05, 4.69) is 15.0 Å². The molecule has 0 saturated carbocycles. The van der Waals surface area contributed by atoms with Gasteiger partial charge in [-0.25, -0.2) is 4.98 Å². The molecule has 26 heavy (non-hydrogen) atoms. The van der Waals surface area contributed by atoms with Crippen LogP contribution in [-0.2, 0) is 5.75 Å². The van der Waals surface area contributed by atoms with E-state index in [-0.39, 0.29) is 11.4 Å². The van der Waals surface area contributed by atoms with Gasteiger partial charge >= 0.3 is 6.61 Å². The van der Waals surface area contributed by atoms with Crippen molar-refractivity contribution in [2.45, 2.75) is 17.3 Å². The molecule has 4 nitrogen and oxygen atoms in total. The fourth-order valence-corrected chi connectivity index (χ4v) is 3.60. The first-order valence-electron chi connectivity index (χ1n) is 7.57. The minimum absolute atomic E-state index is 0.0775. The third-order valence-corrected chi connectivity index (χ3v) is 5.02. The normalized spacial score (nSPS) is 10.7. The lowest BCUT2D eigenvalue weighted by Crippen LogP contribution is -2.13. The average Bonchev–Trinajstić information content (AvgIpc) is 3.15. The second-order valence-electron chi connectivity index (χ2n) is 5.12. The van der Waals surface area contributed by atoms with Crippen LogP contribution in [0.15, 0.2) is 64.3 Å². The largest absolute Gasteiger partial charge is 0.433 e. The van der Waals surface area contributed by atoms with Gasteiger partial charge in [-0.15, -0.1) is 23.1 Å². The molecule has 8 heteroatoms. The van der Waals surface area contributed by atoms with Crippen molar-refractivity contribution in [2.75, 3.05) is 5.32 Å². The van der Waals surface area contributed by atoms with E-state index in [1.54, 1.807) is 52.9 Å². The molecule has 0 saturated heterocycles. The number of anilines is 1. The molecular formula is C18H14F2N2O2S2. The number of para-hydroxylation sites is 2. The topological polar surface area (TPSA) is 51.2 Å². The van der Waals surface area contributed by atoms with Gasteiger partial charge in [0, 0.05) is 21.6 Å². The third-order valence-electron chi connectivity index (χ3n) is 3.34. The van der Waals surface area contributed by atoms with E-state index >= 15 is 0 Å². The smallest absolute Gasteiger partial charge is 0.387 e. The summed E-state index contributed by atoms with van der Waals surface area (Å²) in [5, 5.41) is 4.59. The number of amides is 1. The van der Waals surface area contributed by atoms with Gasteiger partial charge < -0.3 is 10.1 Å². The molecule has 1 N–H and O–H groups in total. The first kappa shape index (κ1) is 18.3. The summed E-state index contributed by atoms with van der Waals surface area (Å²) >= 11 is 3.17. The van der Waals surface area contributed by atoms with Crippen molar-refractivity contribution < 1.29 is 18.3 Å². The number of hydrogen-bond acceptors (Lipinski definition) is 5. The minimum atomic E-state index is -2.96. The molecule has 0 radical (unpaired) electrons. The quantitative estimate of drug-likeness (QED) is 0.555. The van der Waals surface area contributed by atoms with E-state index in [0.29, 0.717) is 5.56 Å². The van der Waals surface area contributed by atoms with E-state index in [1.165, 1.54) is 12.1 Å². The van der Waals surface area contributed by atoms with Crippen LogP contribution in [0.4, 0.5) is 14.5 Å². The standard InChI is InChI=1S/C18H14F2N2O2S2/c19-18(20)24-16-4-2-1-3-15(16)22-17(23)12-5-7-14(8-6-12)26-10-13-9-25-11-21-13/h1-9,11,18H,10H2,(H,22,23). The van der Waals surface area contributed by atoms with Gasteiger partial charge in [0.1, 0.15) is 5.75 Å². The predicted molar refractivity (Wildman–Crippen MR) is 99.1 cm³/mol. The molecule has 0 fully saturated rings. The second kappa shape index (κ2) is 8.77. The summed E-state index contributed by atoms with van der Waals surface area (Å²) in [7, 11) is 0. The van der Waals surface area contributed by atoms with Gasteiger partial charge in [0.15, 0.2) is 0 Å². The highest BCUT2D eigenvalue weighted by Gasteiger charge is 2.12. The molecule has 2 aromatic carbocycles. The number of aromatic nitrogens is 1. The molecule has 0 unspecified atom stereocenters. The number of rotatable bonds is 7. The maximum absolute atomic E-state index is 12.4. The van der Waals surface area contributed by atoms with Crippen LogP contribution >= 0.6 is 23.1 Å². The fourth-order valence-electron chi connectivity index (χ4n) is 2.13. The second-order valence-corrected chi connectivity index (χ2v) is 6.89. The Bertz CT molecular complexity index is 856. The SMILES string of the molecule is O=C(Nc1ccccc1OC(F)F)c1ccc(SCc2cscn2)cc1. The van der Waals surface area contributed by atoms with Gasteiger partial charge in [-0.3, -0.25) is 4.79 Å². The van der Waals surface area contributed by atoms with Crippen molar-refractivity contribution in [2.24, 2.45) is 0 Å². The molecule has 134 valence electrons. The molecule has 1 aromatic heterocycles. The van der Waals surface area contributed by atoms with Crippen LogP contribution in [0, 0.1) is 0 Å². The van der Waals surface area contributed by atoms with Gasteiger partial charge in [-0.05, 0) is 36.4 Å². The number of nitrogens with one attached hydrogen (secondary N) is 1. The molecule has 0 atom stereocenters. The van der Waals surface area contributed by atoms with E-state index in [9.17, 15) is 13.6 Å². The van der Waals surface area contributed by atoms with Crippen LogP contribution in [0.1, 0.15) is 16.1 Å². The van der Waals surface area contributed by atoms with Crippen molar-refractivity contribution in [3.8, 4) is 5.75 Å². The van der Waals surface area contributed by atoms with Crippen LogP contribution in [0.3, 0.4) is 0 Å². The van der Waals surface area contributed by atoms with Crippen LogP contribution in [0.5, 0.6) is 5.75 Å². The Morgan fingerprint density at radius 1 is 1.19 bits per heavy atom. The minimum Gasteiger partial charge on any atom is -0.433 e. The number of benzene rings is 2. The van der Waals surface area contributed by atoms with Crippen molar-refractivity contribution in [3.05, 3.63) is 70.7 Å². The number of nitrogens with zero attached hydrogens (tertiary/aromatic N) is 1. The molecule has 0 aliphatic rings. The van der Waals surface area contributed by atoms with Crippen molar-refractivity contribution in [1.29, 1.82) is 0 Å². The monoisotopic (exact) mass is 392 g/mol. The predicted octanol–water partition coefficient (Wildman–Crippen LogP) is 5.29. The molecule has 0 aliphatic heterocycles. The highest BCUT2D eigenvalue weighted by molar-refractivity contribution is 7.98. The highest BCUT2D eigenvalue weighted by atomic mass is 32.2. The Labute approximate surface area is 157 Å². The number of alkyl halides is 2. The summed E-state index contributed by atoms with van der Waals surface area (Å²) in [6, 6.07) is 13.1. The van der Waals surface area contributed by atoms with Gasteiger partial charge in [0.05, 0.1) is 16.9 Å². The summed E-state index contributed by atoms with van der Waals surface area (Å²) in [6.45, 7) is -2.96. The zero-order valence-corrected chi connectivity index (χ0v) is 15.0. The summed E-state index contributed by atoms with van der Waals surface area (Å²) in [6.07, 6.45) is 0. The van der Waals surface area contributed by atoms with Gasteiger partial charge in [-0.1, -0.05) is 12.1 Å². The summed E-state index contributed by atoms with van der Waals surface area (Å²) in [5.74, 6) is 0.283. The molecule has 1 heterocycles. The molecule has 0 bridgehead atoms. The van der Waals surface area contributed by atoms with Gasteiger partial charge in [-0.2, -0.15) is 8.78 Å². The third kappa shape index (κ3) is 5.03.